The second kappa shape index (κ2) is 9.09. The molecule has 5 aromatic rings. The largest absolute Gasteiger partial charge is 0.460 e. The number of nitrogens with one attached hydrogen (secondary N) is 1. The Hall–Kier alpha value is -3.41. The van der Waals surface area contributed by atoms with Crippen LogP contribution in [-0.2, 0) is 13.0 Å². The minimum absolute atomic E-state index is 0.217. The predicted molar refractivity (Wildman–Crippen MR) is 135 cm³/mol. The highest BCUT2D eigenvalue weighted by molar-refractivity contribution is 5.84. The summed E-state index contributed by atoms with van der Waals surface area (Å²) in [7, 11) is 0. The van der Waals surface area contributed by atoms with E-state index in [9.17, 15) is 4.39 Å². The van der Waals surface area contributed by atoms with Gasteiger partial charge in [-0.15, -0.1) is 0 Å². The van der Waals surface area contributed by atoms with Crippen LogP contribution in [0.1, 0.15) is 11.3 Å². The topological polar surface area (TPSA) is 35.4 Å². The lowest BCUT2D eigenvalue weighted by molar-refractivity contribution is 0.122. The van der Waals surface area contributed by atoms with Crippen molar-refractivity contribution in [3.05, 3.63) is 96.1 Å². The van der Waals surface area contributed by atoms with Crippen molar-refractivity contribution in [3.8, 4) is 11.1 Å². The molecule has 34 heavy (non-hydrogen) atoms. The highest BCUT2D eigenvalue weighted by Crippen LogP contribution is 2.28. The fourth-order valence-corrected chi connectivity index (χ4v) is 5.03. The quantitative estimate of drug-likeness (QED) is 0.338. The summed E-state index contributed by atoms with van der Waals surface area (Å²) in [6.45, 7) is 6.14. The van der Waals surface area contributed by atoms with E-state index in [-0.39, 0.29) is 5.82 Å². The zero-order valence-electron chi connectivity index (χ0n) is 19.1. The lowest BCUT2D eigenvalue weighted by atomic mass is 10.0. The molecule has 5 heteroatoms. The molecule has 0 aliphatic carbocycles. The number of piperazine rings is 1. The number of H-pyrrole nitrogens is 1. The fraction of sp³-hybridized carbons (Fsp3) is 0.241. The van der Waals surface area contributed by atoms with Gasteiger partial charge in [-0.2, -0.15) is 0 Å². The van der Waals surface area contributed by atoms with E-state index >= 15 is 0 Å². The smallest absolute Gasteiger partial charge is 0.134 e. The molecule has 3 aromatic carbocycles. The van der Waals surface area contributed by atoms with E-state index in [1.807, 2.05) is 18.2 Å². The van der Waals surface area contributed by atoms with E-state index in [1.165, 1.54) is 22.5 Å². The number of furan rings is 1. The van der Waals surface area contributed by atoms with Crippen molar-refractivity contribution in [2.75, 3.05) is 32.7 Å². The van der Waals surface area contributed by atoms with Crippen molar-refractivity contribution >= 4 is 21.9 Å². The van der Waals surface area contributed by atoms with E-state index in [0.717, 1.165) is 73.5 Å². The van der Waals surface area contributed by atoms with Gasteiger partial charge >= 0.3 is 0 Å². The SMILES string of the molecule is Fc1cccc(-c2ccc3oc(CN4CCN(CCc5c[nH]c6ccccc56)CC4)cc3c2)c1. The van der Waals surface area contributed by atoms with Crippen LogP contribution in [0.3, 0.4) is 0 Å². The van der Waals surface area contributed by atoms with Crippen LogP contribution >= 0.6 is 0 Å². The number of aromatic amines is 1. The van der Waals surface area contributed by atoms with Gasteiger partial charge in [-0.05, 0) is 59.5 Å². The summed E-state index contributed by atoms with van der Waals surface area (Å²) >= 11 is 0. The molecule has 0 unspecified atom stereocenters. The molecule has 1 saturated heterocycles. The molecule has 0 radical (unpaired) electrons. The Morgan fingerprint density at radius 2 is 1.65 bits per heavy atom. The Labute approximate surface area is 198 Å². The number of aromatic nitrogens is 1. The highest BCUT2D eigenvalue weighted by Gasteiger charge is 2.19. The number of rotatable bonds is 6. The van der Waals surface area contributed by atoms with E-state index < -0.39 is 0 Å². The molecule has 0 saturated carbocycles. The van der Waals surface area contributed by atoms with Crippen LogP contribution in [0.25, 0.3) is 33.0 Å². The summed E-state index contributed by atoms with van der Waals surface area (Å²) in [6, 6.07) is 23.4. The molecular weight excluding hydrogens is 425 g/mol. The molecule has 172 valence electrons. The van der Waals surface area contributed by atoms with Gasteiger partial charge in [0.15, 0.2) is 0 Å². The maximum atomic E-state index is 13.6. The number of nitrogens with zero attached hydrogens (tertiary/aromatic N) is 2. The van der Waals surface area contributed by atoms with E-state index in [4.69, 9.17) is 4.42 Å². The normalized spacial score (nSPS) is 15.4. The Kier molecular flexibility index (Phi) is 5.65. The molecule has 4 nitrogen and oxygen atoms in total. The summed E-state index contributed by atoms with van der Waals surface area (Å²) in [5.41, 5.74) is 5.39. The second-order valence-electron chi connectivity index (χ2n) is 9.20. The van der Waals surface area contributed by atoms with Crippen LogP contribution < -0.4 is 0 Å². The van der Waals surface area contributed by atoms with E-state index in [1.54, 1.807) is 12.1 Å². The molecule has 1 aliphatic heterocycles. The molecule has 0 atom stereocenters. The maximum Gasteiger partial charge on any atom is 0.134 e. The number of hydrogen-bond donors (Lipinski definition) is 1. The Morgan fingerprint density at radius 1 is 0.824 bits per heavy atom. The van der Waals surface area contributed by atoms with Crippen molar-refractivity contribution in [2.24, 2.45) is 0 Å². The number of para-hydroxylation sites is 1. The van der Waals surface area contributed by atoms with Crippen molar-refractivity contribution in [3.63, 3.8) is 0 Å². The minimum Gasteiger partial charge on any atom is -0.460 e. The van der Waals surface area contributed by atoms with Gasteiger partial charge < -0.3 is 14.3 Å². The summed E-state index contributed by atoms with van der Waals surface area (Å²) in [5.74, 6) is 0.768. The molecule has 1 fully saturated rings. The second-order valence-corrected chi connectivity index (χ2v) is 9.20. The van der Waals surface area contributed by atoms with Crippen molar-refractivity contribution in [2.45, 2.75) is 13.0 Å². The first-order valence-electron chi connectivity index (χ1n) is 12.0. The lowest BCUT2D eigenvalue weighted by Crippen LogP contribution is -2.46. The van der Waals surface area contributed by atoms with Gasteiger partial charge in [0.05, 0.1) is 6.54 Å². The zero-order valence-corrected chi connectivity index (χ0v) is 19.1. The maximum absolute atomic E-state index is 13.6. The average molecular weight is 454 g/mol. The van der Waals surface area contributed by atoms with Gasteiger partial charge in [-0.3, -0.25) is 4.90 Å². The number of halogens is 1. The van der Waals surface area contributed by atoms with E-state index in [0.29, 0.717) is 0 Å². The third-order valence-electron chi connectivity index (χ3n) is 6.94. The predicted octanol–water partition coefficient (Wildman–Crippen LogP) is 6.08. The van der Waals surface area contributed by atoms with Gasteiger partial charge in [0.2, 0.25) is 0 Å². The molecule has 0 spiro atoms. The van der Waals surface area contributed by atoms with Crippen LogP contribution in [0.4, 0.5) is 4.39 Å². The van der Waals surface area contributed by atoms with Crippen LogP contribution in [0, 0.1) is 5.82 Å². The third kappa shape index (κ3) is 4.37. The first kappa shape index (κ1) is 21.1. The molecule has 0 amide bonds. The van der Waals surface area contributed by atoms with Gasteiger partial charge in [-0.25, -0.2) is 4.39 Å². The molecule has 0 bridgehead atoms. The number of benzene rings is 3. The first-order valence-corrected chi connectivity index (χ1v) is 12.0. The first-order chi connectivity index (χ1) is 16.7. The van der Waals surface area contributed by atoms with Crippen LogP contribution in [0.15, 0.2) is 83.4 Å². The van der Waals surface area contributed by atoms with Crippen LogP contribution in [0.5, 0.6) is 0 Å². The van der Waals surface area contributed by atoms with Crippen molar-refractivity contribution < 1.29 is 8.81 Å². The molecule has 1 N–H and O–H groups in total. The van der Waals surface area contributed by atoms with Gasteiger partial charge in [0, 0.05) is 55.2 Å². The Balaban J connectivity index is 1.05. The fourth-order valence-electron chi connectivity index (χ4n) is 5.03. The average Bonchev–Trinajstić information content (AvgIpc) is 3.46. The summed E-state index contributed by atoms with van der Waals surface area (Å²) in [6.07, 6.45) is 3.23. The van der Waals surface area contributed by atoms with Gasteiger partial charge in [0.1, 0.15) is 17.2 Å². The molecule has 1 aliphatic rings. The number of hydrogen-bond acceptors (Lipinski definition) is 3. The summed E-state index contributed by atoms with van der Waals surface area (Å²) in [4.78, 5) is 8.41. The van der Waals surface area contributed by atoms with Crippen LogP contribution in [-0.4, -0.2) is 47.5 Å². The summed E-state index contributed by atoms with van der Waals surface area (Å²) in [5, 5.41) is 2.40. The van der Waals surface area contributed by atoms with Crippen molar-refractivity contribution in [1.82, 2.24) is 14.8 Å². The molecule has 6 rings (SSSR count). The van der Waals surface area contributed by atoms with Gasteiger partial charge in [0.25, 0.3) is 0 Å². The monoisotopic (exact) mass is 453 g/mol. The molecule has 2 aromatic heterocycles. The summed E-state index contributed by atoms with van der Waals surface area (Å²) < 4.78 is 19.7. The van der Waals surface area contributed by atoms with Gasteiger partial charge in [-0.1, -0.05) is 36.4 Å². The standard InChI is InChI=1S/C29H28FN3O/c30-25-5-3-4-21(17-25)22-8-9-29-24(16-22)18-26(34-29)20-33-14-12-32(13-15-33)11-10-23-19-31-28-7-2-1-6-27(23)28/h1-9,16-19,31H,10-15,20H2. The van der Waals surface area contributed by atoms with Crippen molar-refractivity contribution in [1.29, 1.82) is 0 Å². The lowest BCUT2D eigenvalue weighted by Gasteiger charge is -2.34. The minimum atomic E-state index is -0.217. The Bertz CT molecular complexity index is 1430. The molecular formula is C29H28FN3O. The van der Waals surface area contributed by atoms with E-state index in [2.05, 4.69) is 57.4 Å². The molecule has 3 heterocycles. The highest BCUT2D eigenvalue weighted by atomic mass is 19.1. The number of fused-ring (bicyclic) bond motifs is 2. The zero-order chi connectivity index (χ0) is 22.9. The Morgan fingerprint density at radius 3 is 2.53 bits per heavy atom. The van der Waals surface area contributed by atoms with Crippen LogP contribution in [0.2, 0.25) is 0 Å². The third-order valence-corrected chi connectivity index (χ3v) is 6.94.